The summed E-state index contributed by atoms with van der Waals surface area (Å²) in [6.07, 6.45) is 5.33. The Morgan fingerprint density at radius 1 is 1.06 bits per heavy atom. The van der Waals surface area contributed by atoms with E-state index in [1.807, 2.05) is 30.3 Å². The third-order valence-corrected chi connectivity index (χ3v) is 7.34. The minimum Gasteiger partial charge on any atom is -0.317 e. The molecule has 2 fully saturated rings. The van der Waals surface area contributed by atoms with Crippen LogP contribution in [-0.2, 0) is 16.0 Å². The highest BCUT2D eigenvalue weighted by Gasteiger charge is 2.58. The Hall–Kier alpha value is -4.01. The summed E-state index contributed by atoms with van der Waals surface area (Å²) in [6, 6.07) is 12.9. The SMILES string of the molecule is Cc1cc([N+](=O)[O-])ccc1NC(=O)N[C@H](Cc1ccccc1)N1C(=O)[C@H]2[C@H](C1=O)[C@H]1C=C[C@H]2CC1. The van der Waals surface area contributed by atoms with Crippen LogP contribution >= 0.6 is 0 Å². The van der Waals surface area contributed by atoms with Gasteiger partial charge in [0.1, 0.15) is 6.17 Å². The van der Waals surface area contributed by atoms with Crippen molar-refractivity contribution in [1.82, 2.24) is 10.2 Å². The van der Waals surface area contributed by atoms with Gasteiger partial charge in [0.25, 0.3) is 5.69 Å². The minimum atomic E-state index is -0.860. The van der Waals surface area contributed by atoms with Gasteiger partial charge in [-0.1, -0.05) is 42.5 Å². The minimum absolute atomic E-state index is 0.0559. The Bertz CT molecular complexity index is 1200. The first-order chi connectivity index (χ1) is 16.8. The maximum atomic E-state index is 13.5. The van der Waals surface area contributed by atoms with Gasteiger partial charge in [-0.2, -0.15) is 0 Å². The van der Waals surface area contributed by atoms with Crippen LogP contribution in [0.1, 0.15) is 24.0 Å². The van der Waals surface area contributed by atoms with Crippen LogP contribution in [0.2, 0.25) is 0 Å². The van der Waals surface area contributed by atoms with E-state index in [-0.39, 0.29) is 47.6 Å². The maximum Gasteiger partial charge on any atom is 0.320 e. The van der Waals surface area contributed by atoms with Crippen LogP contribution in [0.25, 0.3) is 0 Å². The van der Waals surface area contributed by atoms with Crippen molar-refractivity contribution in [3.8, 4) is 0 Å². The number of aryl methyl sites for hydroxylation is 1. The lowest BCUT2D eigenvalue weighted by Crippen LogP contribution is -2.53. The number of carbonyl (C=O) groups is 3. The van der Waals surface area contributed by atoms with Gasteiger partial charge >= 0.3 is 6.03 Å². The molecule has 35 heavy (non-hydrogen) atoms. The van der Waals surface area contributed by atoms with Crippen molar-refractivity contribution in [2.45, 2.75) is 32.4 Å². The summed E-state index contributed by atoms with van der Waals surface area (Å²) in [5.41, 5.74) is 1.73. The van der Waals surface area contributed by atoms with Gasteiger partial charge in [0.2, 0.25) is 11.8 Å². The number of non-ortho nitro benzene ring substituents is 1. The van der Waals surface area contributed by atoms with Crippen molar-refractivity contribution in [2.24, 2.45) is 23.7 Å². The lowest BCUT2D eigenvalue weighted by atomic mass is 9.63. The molecule has 0 aromatic heterocycles. The molecule has 3 aliphatic carbocycles. The zero-order valence-electron chi connectivity index (χ0n) is 19.2. The zero-order valence-corrected chi connectivity index (χ0v) is 19.2. The molecular weight excluding hydrogens is 448 g/mol. The molecule has 4 amide bonds. The quantitative estimate of drug-likeness (QED) is 0.286. The standard InChI is InChI=1S/C26H26N4O5/c1-15-13-19(30(34)35)11-12-20(15)27-26(33)28-21(14-16-5-3-2-4-6-16)29-24(31)22-17-7-8-18(10-9-17)23(22)25(29)32/h2-8,11-13,17-18,21-23H,9-10,14H2,1H3,(H2,27,28,33)/t17-,18-,21-,22+,23+/m0/s1. The number of anilines is 1. The number of imide groups is 1. The van der Waals surface area contributed by atoms with Crippen LogP contribution in [0.15, 0.2) is 60.7 Å². The van der Waals surface area contributed by atoms with Crippen molar-refractivity contribution < 1.29 is 19.3 Å². The van der Waals surface area contributed by atoms with E-state index in [1.165, 1.54) is 23.1 Å². The van der Waals surface area contributed by atoms with E-state index in [2.05, 4.69) is 22.8 Å². The smallest absolute Gasteiger partial charge is 0.317 e. The van der Waals surface area contributed by atoms with Crippen molar-refractivity contribution in [2.75, 3.05) is 5.32 Å². The maximum absolute atomic E-state index is 13.5. The molecule has 4 aliphatic rings. The van der Waals surface area contributed by atoms with E-state index in [0.29, 0.717) is 11.3 Å². The Labute approximate surface area is 202 Å². The number of urea groups is 1. The van der Waals surface area contributed by atoms with Gasteiger partial charge in [0, 0.05) is 24.2 Å². The molecule has 0 unspecified atom stereocenters. The van der Waals surface area contributed by atoms with Gasteiger partial charge in [0.05, 0.1) is 16.8 Å². The topological polar surface area (TPSA) is 122 Å². The molecule has 2 N–H and O–H groups in total. The highest BCUT2D eigenvalue weighted by atomic mass is 16.6. The number of benzene rings is 2. The number of hydrogen-bond donors (Lipinski definition) is 2. The Morgan fingerprint density at radius 2 is 1.69 bits per heavy atom. The summed E-state index contributed by atoms with van der Waals surface area (Å²) >= 11 is 0. The molecule has 1 saturated heterocycles. The molecule has 1 aliphatic heterocycles. The van der Waals surface area contributed by atoms with E-state index in [4.69, 9.17) is 0 Å². The van der Waals surface area contributed by atoms with E-state index >= 15 is 0 Å². The number of rotatable bonds is 6. The van der Waals surface area contributed by atoms with Gasteiger partial charge in [-0.05, 0) is 48.8 Å². The first-order valence-corrected chi connectivity index (χ1v) is 11.7. The molecule has 1 heterocycles. The fraction of sp³-hybridized carbons (Fsp3) is 0.346. The van der Waals surface area contributed by atoms with E-state index in [1.54, 1.807) is 6.92 Å². The van der Waals surface area contributed by atoms with Gasteiger partial charge in [0.15, 0.2) is 0 Å². The molecule has 1 saturated carbocycles. The predicted molar refractivity (Wildman–Crippen MR) is 128 cm³/mol. The highest BCUT2D eigenvalue weighted by molar-refractivity contribution is 6.06. The molecule has 2 aromatic rings. The van der Waals surface area contributed by atoms with E-state index in [9.17, 15) is 24.5 Å². The van der Waals surface area contributed by atoms with Crippen molar-refractivity contribution in [3.63, 3.8) is 0 Å². The molecule has 2 bridgehead atoms. The average molecular weight is 475 g/mol. The molecule has 6 rings (SSSR count). The summed E-state index contributed by atoms with van der Waals surface area (Å²) in [6.45, 7) is 1.66. The Balaban J connectivity index is 1.39. The highest BCUT2D eigenvalue weighted by Crippen LogP contribution is 2.50. The van der Waals surface area contributed by atoms with Crippen LogP contribution in [-0.4, -0.2) is 33.8 Å². The second-order valence-electron chi connectivity index (χ2n) is 9.45. The molecule has 5 atom stereocenters. The lowest BCUT2D eigenvalue weighted by molar-refractivity contribution is -0.384. The first-order valence-electron chi connectivity index (χ1n) is 11.7. The second kappa shape index (κ2) is 8.98. The van der Waals surface area contributed by atoms with E-state index in [0.717, 1.165) is 18.4 Å². The normalized spacial score (nSPS) is 25.3. The summed E-state index contributed by atoms with van der Waals surface area (Å²) in [7, 11) is 0. The van der Waals surface area contributed by atoms with Crippen LogP contribution in [0, 0.1) is 40.7 Å². The number of amides is 4. The zero-order chi connectivity index (χ0) is 24.7. The molecule has 0 radical (unpaired) electrons. The van der Waals surface area contributed by atoms with Gasteiger partial charge in [-0.15, -0.1) is 0 Å². The number of carbonyl (C=O) groups excluding carboxylic acids is 3. The molecular formula is C26H26N4O5. The Kier molecular flexibility index (Phi) is 5.84. The van der Waals surface area contributed by atoms with Crippen molar-refractivity contribution in [3.05, 3.63) is 81.9 Å². The van der Waals surface area contributed by atoms with Crippen molar-refractivity contribution >= 4 is 29.2 Å². The first kappa shape index (κ1) is 22.8. The second-order valence-corrected chi connectivity index (χ2v) is 9.45. The predicted octanol–water partition coefficient (Wildman–Crippen LogP) is 3.79. The monoisotopic (exact) mass is 474 g/mol. The largest absolute Gasteiger partial charge is 0.320 e. The number of nitrogens with zero attached hydrogens (tertiary/aromatic N) is 2. The molecule has 0 spiro atoms. The molecule has 9 nitrogen and oxygen atoms in total. The van der Waals surface area contributed by atoms with Gasteiger partial charge in [-0.25, -0.2) is 4.79 Å². The number of allylic oxidation sites excluding steroid dienone is 2. The Morgan fingerprint density at radius 3 is 2.23 bits per heavy atom. The van der Waals surface area contributed by atoms with Gasteiger partial charge in [-0.3, -0.25) is 24.6 Å². The number of nitro benzene ring substituents is 1. The third kappa shape index (κ3) is 4.18. The van der Waals surface area contributed by atoms with Crippen LogP contribution in [0.4, 0.5) is 16.2 Å². The van der Waals surface area contributed by atoms with Gasteiger partial charge < -0.3 is 10.6 Å². The number of hydrogen-bond acceptors (Lipinski definition) is 5. The molecule has 180 valence electrons. The number of nitro groups is 1. The van der Waals surface area contributed by atoms with Crippen molar-refractivity contribution in [1.29, 1.82) is 0 Å². The van der Waals surface area contributed by atoms with Crippen LogP contribution in [0.3, 0.4) is 0 Å². The summed E-state index contributed by atoms with van der Waals surface area (Å²) in [4.78, 5) is 51.8. The number of likely N-dealkylation sites (tertiary alicyclic amines) is 1. The fourth-order valence-corrected chi connectivity index (χ4v) is 5.66. The third-order valence-electron chi connectivity index (χ3n) is 7.34. The number of nitrogens with one attached hydrogen (secondary N) is 2. The summed E-state index contributed by atoms with van der Waals surface area (Å²) in [5, 5.41) is 16.5. The fourth-order valence-electron chi connectivity index (χ4n) is 5.66. The average Bonchev–Trinajstić information content (AvgIpc) is 3.13. The number of fused-ring (bicyclic) bond motifs is 1. The van der Waals surface area contributed by atoms with E-state index < -0.39 is 17.1 Å². The lowest BCUT2D eigenvalue weighted by Gasteiger charge is -2.38. The summed E-state index contributed by atoms with van der Waals surface area (Å²) < 4.78 is 0. The van der Waals surface area contributed by atoms with Crippen LogP contribution < -0.4 is 10.6 Å². The molecule has 2 aromatic carbocycles. The summed E-state index contributed by atoms with van der Waals surface area (Å²) in [5.74, 6) is -1.09. The van der Waals surface area contributed by atoms with Crippen LogP contribution in [0.5, 0.6) is 0 Å². The molecule has 9 heteroatoms.